The summed E-state index contributed by atoms with van der Waals surface area (Å²) in [5.41, 5.74) is 9.70. The summed E-state index contributed by atoms with van der Waals surface area (Å²) in [6.07, 6.45) is -0.299. The molecule has 1 unspecified atom stereocenters. The van der Waals surface area contributed by atoms with Gasteiger partial charge in [0.25, 0.3) is 0 Å². The zero-order valence-electron chi connectivity index (χ0n) is 14.4. The van der Waals surface area contributed by atoms with Gasteiger partial charge in [-0.05, 0) is 18.4 Å². The lowest BCUT2D eigenvalue weighted by Crippen LogP contribution is -2.61. The lowest BCUT2D eigenvalue weighted by Gasteiger charge is -2.46. The van der Waals surface area contributed by atoms with E-state index < -0.39 is 36.9 Å². The van der Waals surface area contributed by atoms with Crippen LogP contribution >= 0.6 is 0 Å². The van der Waals surface area contributed by atoms with Crippen molar-refractivity contribution in [2.24, 2.45) is 5.11 Å². The first-order valence-electron chi connectivity index (χ1n) is 8.67. The second-order valence-electron chi connectivity index (χ2n) is 6.21. The molecule has 1 aromatic rings. The van der Waals surface area contributed by atoms with E-state index in [1.54, 1.807) is 6.08 Å². The molecule has 2 fully saturated rings. The number of aliphatic hydroxyl groups is 1. The van der Waals surface area contributed by atoms with Crippen LogP contribution in [0.25, 0.3) is 10.4 Å². The molecule has 0 radical (unpaired) electrons. The van der Waals surface area contributed by atoms with Gasteiger partial charge in [0.05, 0.1) is 19.3 Å². The van der Waals surface area contributed by atoms with Crippen LogP contribution < -0.4 is 0 Å². The molecular formula is C18H23N3O5. The van der Waals surface area contributed by atoms with Gasteiger partial charge in [0.1, 0.15) is 18.2 Å². The standard InChI is InChI=1S/C18H23N3O5/c1-2-3-7-10-23-18-14(20-21-19)15(22)16-13(25-18)11-24-17(26-16)12-8-5-4-6-9-12/h2,4-6,8-9,13-18,22H,1,3,7,10-11H2/t13-,14-,15-,16-,17?,18+/m1/s1. The highest BCUT2D eigenvalue weighted by molar-refractivity contribution is 5.16. The normalized spacial score (nSPS) is 33.7. The lowest BCUT2D eigenvalue weighted by molar-refractivity contribution is -0.341. The van der Waals surface area contributed by atoms with Crippen molar-refractivity contribution in [2.75, 3.05) is 13.2 Å². The minimum atomic E-state index is -1.05. The number of ether oxygens (including phenoxy) is 4. The maximum Gasteiger partial charge on any atom is 0.184 e. The number of benzene rings is 1. The SMILES string of the molecule is C=CCCCO[C@H]1O[C@@H]2COC(c3ccccc3)O[C@H]2[C@H](O)[C@H]1N=[N+]=[N-]. The molecule has 1 N–H and O–H groups in total. The summed E-state index contributed by atoms with van der Waals surface area (Å²) in [6, 6.07) is 8.56. The predicted octanol–water partition coefficient (Wildman–Crippen LogP) is 2.85. The van der Waals surface area contributed by atoms with E-state index in [9.17, 15) is 5.11 Å². The van der Waals surface area contributed by atoms with Crippen LogP contribution in [-0.4, -0.2) is 49.0 Å². The number of nitrogens with zero attached hydrogens (tertiary/aromatic N) is 3. The summed E-state index contributed by atoms with van der Waals surface area (Å²) in [6.45, 7) is 4.32. The third kappa shape index (κ3) is 4.24. The number of allylic oxidation sites excluding steroid dienone is 1. The Kier molecular flexibility index (Phi) is 6.62. The zero-order chi connectivity index (χ0) is 18.4. The number of unbranched alkanes of at least 4 members (excludes halogenated alkanes) is 1. The van der Waals surface area contributed by atoms with E-state index in [4.69, 9.17) is 24.5 Å². The quantitative estimate of drug-likeness (QED) is 0.264. The van der Waals surface area contributed by atoms with E-state index in [1.165, 1.54) is 0 Å². The van der Waals surface area contributed by atoms with E-state index in [-0.39, 0.29) is 6.61 Å². The van der Waals surface area contributed by atoms with Crippen LogP contribution in [0.2, 0.25) is 0 Å². The minimum Gasteiger partial charge on any atom is -0.390 e. The Morgan fingerprint density at radius 3 is 2.88 bits per heavy atom. The van der Waals surface area contributed by atoms with Crippen LogP contribution in [0.1, 0.15) is 24.7 Å². The van der Waals surface area contributed by atoms with Gasteiger partial charge in [0, 0.05) is 10.5 Å². The molecule has 26 heavy (non-hydrogen) atoms. The topological polar surface area (TPSA) is 106 Å². The Morgan fingerprint density at radius 2 is 2.15 bits per heavy atom. The molecule has 8 nitrogen and oxygen atoms in total. The van der Waals surface area contributed by atoms with Crippen LogP contribution in [-0.2, 0) is 18.9 Å². The smallest absolute Gasteiger partial charge is 0.184 e. The van der Waals surface area contributed by atoms with Crippen molar-refractivity contribution in [1.29, 1.82) is 0 Å². The van der Waals surface area contributed by atoms with Crippen molar-refractivity contribution in [1.82, 2.24) is 0 Å². The first-order chi connectivity index (χ1) is 12.7. The third-order valence-corrected chi connectivity index (χ3v) is 4.42. The molecule has 0 aromatic heterocycles. The summed E-state index contributed by atoms with van der Waals surface area (Å²) in [5.74, 6) is 0. The monoisotopic (exact) mass is 361 g/mol. The molecule has 2 saturated heterocycles. The van der Waals surface area contributed by atoms with Crippen LogP contribution in [0.5, 0.6) is 0 Å². The highest BCUT2D eigenvalue weighted by atomic mass is 16.7. The van der Waals surface area contributed by atoms with Gasteiger partial charge < -0.3 is 24.1 Å². The average Bonchev–Trinajstić information content (AvgIpc) is 2.68. The second kappa shape index (κ2) is 9.14. The van der Waals surface area contributed by atoms with Crippen molar-refractivity contribution in [3.63, 3.8) is 0 Å². The van der Waals surface area contributed by atoms with Crippen LogP contribution in [0, 0.1) is 0 Å². The van der Waals surface area contributed by atoms with Gasteiger partial charge in [-0.15, -0.1) is 6.58 Å². The Morgan fingerprint density at radius 1 is 1.35 bits per heavy atom. The molecule has 8 heteroatoms. The molecule has 2 aliphatic rings. The third-order valence-electron chi connectivity index (χ3n) is 4.42. The van der Waals surface area contributed by atoms with E-state index in [2.05, 4.69) is 16.6 Å². The molecule has 0 bridgehead atoms. The Bertz CT molecular complexity index is 637. The largest absolute Gasteiger partial charge is 0.390 e. The highest BCUT2D eigenvalue weighted by Crippen LogP contribution is 2.35. The van der Waals surface area contributed by atoms with Crippen LogP contribution in [0.4, 0.5) is 0 Å². The Hall–Kier alpha value is -1.93. The molecule has 0 saturated carbocycles. The van der Waals surface area contributed by atoms with Crippen molar-refractivity contribution >= 4 is 0 Å². The van der Waals surface area contributed by atoms with E-state index in [1.807, 2.05) is 30.3 Å². The first kappa shape index (κ1) is 18.8. The summed E-state index contributed by atoms with van der Waals surface area (Å²) >= 11 is 0. The number of aliphatic hydroxyl groups excluding tert-OH is 1. The fourth-order valence-corrected chi connectivity index (χ4v) is 3.10. The Balaban J connectivity index is 1.68. The maximum absolute atomic E-state index is 10.7. The van der Waals surface area contributed by atoms with Gasteiger partial charge in [-0.1, -0.05) is 41.5 Å². The minimum absolute atomic E-state index is 0.247. The molecule has 140 valence electrons. The predicted molar refractivity (Wildman–Crippen MR) is 93.0 cm³/mol. The molecule has 2 heterocycles. The van der Waals surface area contributed by atoms with Crippen molar-refractivity contribution < 1.29 is 24.1 Å². The zero-order valence-corrected chi connectivity index (χ0v) is 14.4. The van der Waals surface area contributed by atoms with Crippen LogP contribution in [0.3, 0.4) is 0 Å². The van der Waals surface area contributed by atoms with Gasteiger partial charge in [-0.3, -0.25) is 0 Å². The lowest BCUT2D eigenvalue weighted by atomic mass is 9.96. The summed E-state index contributed by atoms with van der Waals surface area (Å²) in [4.78, 5) is 2.82. The van der Waals surface area contributed by atoms with E-state index in [0.29, 0.717) is 6.61 Å². The highest BCUT2D eigenvalue weighted by Gasteiger charge is 2.49. The number of rotatable bonds is 7. The number of azide groups is 1. The van der Waals surface area contributed by atoms with E-state index in [0.717, 1.165) is 18.4 Å². The molecule has 0 spiro atoms. The number of fused-ring (bicyclic) bond motifs is 1. The Labute approximate surface area is 151 Å². The second-order valence-corrected chi connectivity index (χ2v) is 6.21. The molecular weight excluding hydrogens is 338 g/mol. The number of hydrogen-bond acceptors (Lipinski definition) is 6. The van der Waals surface area contributed by atoms with Crippen molar-refractivity contribution in [2.45, 2.75) is 49.8 Å². The van der Waals surface area contributed by atoms with Gasteiger partial charge >= 0.3 is 0 Å². The average molecular weight is 361 g/mol. The summed E-state index contributed by atoms with van der Waals surface area (Å²) < 4.78 is 23.2. The summed E-state index contributed by atoms with van der Waals surface area (Å²) in [5, 5.41) is 14.4. The van der Waals surface area contributed by atoms with Crippen LogP contribution in [0.15, 0.2) is 48.1 Å². The van der Waals surface area contributed by atoms with Gasteiger partial charge in [-0.2, -0.15) is 0 Å². The van der Waals surface area contributed by atoms with Gasteiger partial charge in [0.2, 0.25) is 0 Å². The molecule has 3 rings (SSSR count). The number of hydrogen-bond donors (Lipinski definition) is 1. The fraction of sp³-hybridized carbons (Fsp3) is 0.556. The molecule has 1 aromatic carbocycles. The summed E-state index contributed by atoms with van der Waals surface area (Å²) in [7, 11) is 0. The molecule has 2 aliphatic heterocycles. The fourth-order valence-electron chi connectivity index (χ4n) is 3.10. The van der Waals surface area contributed by atoms with Crippen molar-refractivity contribution in [3.8, 4) is 0 Å². The molecule has 0 aliphatic carbocycles. The van der Waals surface area contributed by atoms with Gasteiger partial charge in [0.15, 0.2) is 12.6 Å². The maximum atomic E-state index is 10.7. The van der Waals surface area contributed by atoms with Crippen molar-refractivity contribution in [3.05, 3.63) is 59.0 Å². The van der Waals surface area contributed by atoms with Gasteiger partial charge in [-0.25, -0.2) is 0 Å². The molecule has 0 amide bonds. The first-order valence-corrected chi connectivity index (χ1v) is 8.67. The molecule has 6 atom stereocenters. The van der Waals surface area contributed by atoms with E-state index >= 15 is 0 Å².